The van der Waals surface area contributed by atoms with E-state index in [1.165, 1.54) is 5.56 Å². The van der Waals surface area contributed by atoms with E-state index in [4.69, 9.17) is 0 Å². The lowest BCUT2D eigenvalue weighted by molar-refractivity contribution is 0.666. The van der Waals surface area contributed by atoms with Crippen molar-refractivity contribution in [3.8, 4) is 0 Å². The summed E-state index contributed by atoms with van der Waals surface area (Å²) in [5.74, 6) is 0. The van der Waals surface area contributed by atoms with E-state index < -0.39 is 0 Å². The summed E-state index contributed by atoms with van der Waals surface area (Å²) in [6.07, 6.45) is 5.08. The topological polar surface area (TPSA) is 46.0 Å². The molecular weight excluding hydrogens is 258 g/mol. The Labute approximate surface area is 118 Å². The van der Waals surface area contributed by atoms with Gasteiger partial charge in [-0.3, -0.25) is 4.68 Å². The van der Waals surface area contributed by atoms with Crippen LogP contribution in [0.3, 0.4) is 0 Å². The van der Waals surface area contributed by atoms with Gasteiger partial charge in [-0.15, -0.1) is 11.3 Å². The predicted molar refractivity (Wildman–Crippen MR) is 79.4 cm³/mol. The number of thiazole rings is 1. The van der Waals surface area contributed by atoms with E-state index in [1.54, 1.807) is 11.3 Å². The Bertz CT molecular complexity index is 505. The van der Waals surface area contributed by atoms with Crippen LogP contribution in [-0.4, -0.2) is 28.4 Å². The monoisotopic (exact) mass is 279 g/mol. The molecule has 5 nitrogen and oxygen atoms in total. The normalized spacial score (nSPS) is 10.9. The fourth-order valence-corrected chi connectivity index (χ4v) is 2.63. The molecule has 0 aliphatic heterocycles. The van der Waals surface area contributed by atoms with E-state index in [0.717, 1.165) is 36.9 Å². The van der Waals surface area contributed by atoms with Crippen LogP contribution in [0.15, 0.2) is 17.8 Å². The fraction of sp³-hybridized carbons (Fsp3) is 0.538. The van der Waals surface area contributed by atoms with Gasteiger partial charge in [0.25, 0.3) is 0 Å². The van der Waals surface area contributed by atoms with Crippen LogP contribution in [0.2, 0.25) is 0 Å². The summed E-state index contributed by atoms with van der Waals surface area (Å²) in [7, 11) is 4.00. The average molecular weight is 279 g/mol. The van der Waals surface area contributed by atoms with Crippen LogP contribution >= 0.6 is 11.3 Å². The van der Waals surface area contributed by atoms with Crippen LogP contribution < -0.4 is 10.2 Å². The molecule has 2 aromatic rings. The molecule has 19 heavy (non-hydrogen) atoms. The van der Waals surface area contributed by atoms with E-state index in [2.05, 4.69) is 39.7 Å². The van der Waals surface area contributed by atoms with Crippen molar-refractivity contribution in [2.75, 3.05) is 18.5 Å². The molecule has 0 saturated carbocycles. The second-order valence-corrected chi connectivity index (χ2v) is 5.51. The zero-order chi connectivity index (χ0) is 13.7. The van der Waals surface area contributed by atoms with Crippen LogP contribution in [0.25, 0.3) is 0 Å². The zero-order valence-electron chi connectivity index (χ0n) is 11.8. The largest absolute Gasteiger partial charge is 0.347 e. The number of aryl methyl sites for hydroxylation is 1. The van der Waals surface area contributed by atoms with Crippen molar-refractivity contribution in [2.24, 2.45) is 7.05 Å². The van der Waals surface area contributed by atoms with Crippen molar-refractivity contribution in [3.05, 3.63) is 29.0 Å². The SMILES string of the molecule is CCCNCc1csc(N(C)Cc2cnn(C)c2)n1. The number of rotatable bonds is 7. The third-order valence-electron chi connectivity index (χ3n) is 2.78. The van der Waals surface area contributed by atoms with Crippen LogP contribution in [0, 0.1) is 0 Å². The van der Waals surface area contributed by atoms with Gasteiger partial charge >= 0.3 is 0 Å². The first kappa shape index (κ1) is 14.0. The number of hydrogen-bond acceptors (Lipinski definition) is 5. The molecule has 0 amide bonds. The molecule has 1 N–H and O–H groups in total. The highest BCUT2D eigenvalue weighted by atomic mass is 32.1. The minimum absolute atomic E-state index is 0.836. The molecule has 0 aliphatic rings. The molecule has 2 aromatic heterocycles. The van der Waals surface area contributed by atoms with E-state index in [0.29, 0.717) is 0 Å². The standard InChI is InChI=1S/C13H21N5S/c1-4-5-14-7-12-10-19-13(16-12)17(2)8-11-6-15-18(3)9-11/h6,9-10,14H,4-5,7-8H2,1-3H3. The van der Waals surface area contributed by atoms with Gasteiger partial charge in [0.15, 0.2) is 5.13 Å². The Balaban J connectivity index is 1.90. The van der Waals surface area contributed by atoms with Crippen molar-refractivity contribution in [1.29, 1.82) is 0 Å². The molecule has 6 heteroatoms. The highest BCUT2D eigenvalue weighted by Gasteiger charge is 2.08. The third kappa shape index (κ3) is 4.04. The minimum Gasteiger partial charge on any atom is -0.347 e. The van der Waals surface area contributed by atoms with Gasteiger partial charge in [-0.2, -0.15) is 5.10 Å². The van der Waals surface area contributed by atoms with E-state index >= 15 is 0 Å². The number of nitrogens with zero attached hydrogens (tertiary/aromatic N) is 4. The van der Waals surface area contributed by atoms with Crippen molar-refractivity contribution >= 4 is 16.5 Å². The molecular formula is C13H21N5S. The van der Waals surface area contributed by atoms with Crippen molar-refractivity contribution in [2.45, 2.75) is 26.4 Å². The smallest absolute Gasteiger partial charge is 0.185 e. The second-order valence-electron chi connectivity index (χ2n) is 4.68. The van der Waals surface area contributed by atoms with Gasteiger partial charge in [0.1, 0.15) is 0 Å². The first-order valence-corrected chi connectivity index (χ1v) is 7.40. The molecule has 0 radical (unpaired) electrons. The number of anilines is 1. The van der Waals surface area contributed by atoms with Gasteiger partial charge in [0.2, 0.25) is 0 Å². The Morgan fingerprint density at radius 3 is 3.00 bits per heavy atom. The Hall–Kier alpha value is -1.40. The second kappa shape index (κ2) is 6.68. The molecule has 0 bridgehead atoms. The number of hydrogen-bond donors (Lipinski definition) is 1. The summed E-state index contributed by atoms with van der Waals surface area (Å²) in [5, 5.41) is 10.7. The van der Waals surface area contributed by atoms with Gasteiger partial charge < -0.3 is 10.2 Å². The summed E-state index contributed by atoms with van der Waals surface area (Å²) < 4.78 is 1.82. The molecule has 0 aliphatic carbocycles. The van der Waals surface area contributed by atoms with Gasteiger partial charge in [-0.1, -0.05) is 6.92 Å². The quantitative estimate of drug-likeness (QED) is 0.788. The maximum absolute atomic E-state index is 4.64. The first-order chi connectivity index (χ1) is 9.19. The number of aromatic nitrogens is 3. The minimum atomic E-state index is 0.836. The molecule has 0 atom stereocenters. The van der Waals surface area contributed by atoms with Crippen LogP contribution in [0.5, 0.6) is 0 Å². The maximum Gasteiger partial charge on any atom is 0.185 e. The Morgan fingerprint density at radius 1 is 1.47 bits per heavy atom. The van der Waals surface area contributed by atoms with Crippen molar-refractivity contribution in [1.82, 2.24) is 20.1 Å². The molecule has 0 spiro atoms. The lowest BCUT2D eigenvalue weighted by atomic mass is 10.3. The lowest BCUT2D eigenvalue weighted by Crippen LogP contribution is -2.17. The molecule has 2 rings (SSSR count). The van der Waals surface area contributed by atoms with Crippen LogP contribution in [0.4, 0.5) is 5.13 Å². The summed E-state index contributed by atoms with van der Waals surface area (Å²) in [5.41, 5.74) is 2.32. The Kier molecular flexibility index (Phi) is 4.93. The Morgan fingerprint density at radius 2 is 2.32 bits per heavy atom. The van der Waals surface area contributed by atoms with E-state index in [9.17, 15) is 0 Å². The first-order valence-electron chi connectivity index (χ1n) is 6.53. The maximum atomic E-state index is 4.64. The average Bonchev–Trinajstić information content (AvgIpc) is 2.99. The molecule has 104 valence electrons. The summed E-state index contributed by atoms with van der Waals surface area (Å²) >= 11 is 1.69. The highest BCUT2D eigenvalue weighted by Crippen LogP contribution is 2.20. The fourth-order valence-electron chi connectivity index (χ4n) is 1.84. The molecule has 0 saturated heterocycles. The van der Waals surface area contributed by atoms with Gasteiger partial charge in [-0.05, 0) is 13.0 Å². The predicted octanol–water partition coefficient (Wildman–Crippen LogP) is 2.01. The van der Waals surface area contributed by atoms with Crippen LogP contribution in [-0.2, 0) is 20.1 Å². The third-order valence-corrected chi connectivity index (χ3v) is 3.78. The highest BCUT2D eigenvalue weighted by molar-refractivity contribution is 7.13. The van der Waals surface area contributed by atoms with Gasteiger partial charge in [0.05, 0.1) is 11.9 Å². The van der Waals surface area contributed by atoms with Crippen LogP contribution in [0.1, 0.15) is 24.6 Å². The van der Waals surface area contributed by atoms with Gasteiger partial charge in [0, 0.05) is 44.3 Å². The van der Waals surface area contributed by atoms with Crippen molar-refractivity contribution < 1.29 is 0 Å². The summed E-state index contributed by atoms with van der Waals surface area (Å²) in [4.78, 5) is 6.80. The summed E-state index contributed by atoms with van der Waals surface area (Å²) in [6, 6.07) is 0. The molecule has 0 unspecified atom stereocenters. The number of nitrogens with one attached hydrogen (secondary N) is 1. The zero-order valence-corrected chi connectivity index (χ0v) is 12.6. The van der Waals surface area contributed by atoms with Gasteiger partial charge in [-0.25, -0.2) is 4.98 Å². The molecule has 2 heterocycles. The molecule has 0 fully saturated rings. The lowest BCUT2D eigenvalue weighted by Gasteiger charge is -2.14. The van der Waals surface area contributed by atoms with Crippen molar-refractivity contribution in [3.63, 3.8) is 0 Å². The van der Waals surface area contributed by atoms with E-state index in [1.807, 2.05) is 24.1 Å². The molecule has 0 aromatic carbocycles. The summed E-state index contributed by atoms with van der Waals surface area (Å²) in [6.45, 7) is 4.90. The van der Waals surface area contributed by atoms with E-state index in [-0.39, 0.29) is 0 Å².